The lowest BCUT2D eigenvalue weighted by molar-refractivity contribution is -0.137. The Labute approximate surface area is 130 Å². The van der Waals surface area contributed by atoms with E-state index in [1.54, 1.807) is 0 Å². The largest absolute Gasteiger partial charge is 0.491 e. The van der Waals surface area contributed by atoms with E-state index in [-0.39, 0.29) is 11.5 Å². The van der Waals surface area contributed by atoms with E-state index >= 15 is 0 Å². The average molecular weight is 328 g/mol. The van der Waals surface area contributed by atoms with Crippen LogP contribution in [-0.2, 0) is 16.4 Å². The first-order valence-electron chi connectivity index (χ1n) is 6.59. The lowest BCUT2D eigenvalue weighted by Crippen LogP contribution is -2.36. The Bertz CT molecular complexity index is 710. The van der Waals surface area contributed by atoms with Crippen molar-refractivity contribution in [3.05, 3.63) is 35.8 Å². The molecule has 0 fully saturated rings. The molecule has 124 valence electrons. The number of carbonyl (C=O) groups is 1. The quantitative estimate of drug-likeness (QED) is 0.904. The number of rotatable bonds is 4. The number of methoxy groups -OCH3 is 1. The van der Waals surface area contributed by atoms with Crippen LogP contribution in [0.1, 0.15) is 25.1 Å². The van der Waals surface area contributed by atoms with E-state index in [9.17, 15) is 18.0 Å². The molecule has 23 heavy (non-hydrogen) atoms. The molecule has 0 aliphatic heterocycles. The van der Waals surface area contributed by atoms with Crippen LogP contribution in [0.4, 0.5) is 19.0 Å². The Morgan fingerprint density at radius 2 is 2.04 bits per heavy atom. The Hall–Kier alpha value is -2.58. The number of hydrogen-bond acceptors (Lipinski definition) is 4. The maximum absolute atomic E-state index is 12.8. The van der Waals surface area contributed by atoms with E-state index in [0.717, 1.165) is 18.3 Å². The monoisotopic (exact) mass is 328 g/mol. The van der Waals surface area contributed by atoms with Crippen molar-refractivity contribution in [1.82, 2.24) is 15.2 Å². The van der Waals surface area contributed by atoms with Gasteiger partial charge in [-0.15, -0.1) is 0 Å². The van der Waals surface area contributed by atoms with Crippen molar-refractivity contribution in [1.29, 1.82) is 0 Å². The molecule has 0 saturated heterocycles. The van der Waals surface area contributed by atoms with E-state index in [4.69, 9.17) is 4.74 Å². The number of carbonyl (C=O) groups excluding carboxylic acids is 1. The highest BCUT2D eigenvalue weighted by Gasteiger charge is 2.36. The second kappa shape index (κ2) is 5.90. The van der Waals surface area contributed by atoms with Gasteiger partial charge in [0, 0.05) is 6.20 Å². The minimum absolute atomic E-state index is 0.00306. The van der Waals surface area contributed by atoms with Gasteiger partial charge in [0.1, 0.15) is 0 Å². The summed E-state index contributed by atoms with van der Waals surface area (Å²) in [5.41, 5.74) is -2.15. The van der Waals surface area contributed by atoms with Gasteiger partial charge in [0.2, 0.25) is 5.91 Å². The topological polar surface area (TPSA) is 79.9 Å². The molecule has 0 saturated carbocycles. The maximum atomic E-state index is 12.8. The molecule has 2 aromatic heterocycles. The first kappa shape index (κ1) is 16.8. The standard InChI is InChI=1S/C14H15F3N4O2/c1-13(2,10-6-8(4-5-18-10)14(15,16)17)12(22)20-11-9(23-3)7-19-21-11/h4-7H,1-3H3,(H2,19,20,21,22). The summed E-state index contributed by atoms with van der Waals surface area (Å²) >= 11 is 0. The third kappa shape index (κ3) is 3.43. The molecule has 0 atom stereocenters. The smallest absolute Gasteiger partial charge is 0.416 e. The van der Waals surface area contributed by atoms with Crippen molar-refractivity contribution in [3.63, 3.8) is 0 Å². The second-order valence-corrected chi connectivity index (χ2v) is 5.32. The van der Waals surface area contributed by atoms with E-state index in [1.165, 1.54) is 27.2 Å². The van der Waals surface area contributed by atoms with E-state index in [1.807, 2.05) is 0 Å². The number of aromatic amines is 1. The average Bonchev–Trinajstić information content (AvgIpc) is 2.93. The molecule has 0 bridgehead atoms. The van der Waals surface area contributed by atoms with Crippen LogP contribution in [0, 0.1) is 0 Å². The van der Waals surface area contributed by atoms with E-state index < -0.39 is 23.1 Å². The number of ether oxygens (including phenoxy) is 1. The fraction of sp³-hybridized carbons (Fsp3) is 0.357. The number of amides is 1. The third-order valence-corrected chi connectivity index (χ3v) is 3.36. The molecule has 6 nitrogen and oxygen atoms in total. The zero-order valence-electron chi connectivity index (χ0n) is 12.7. The van der Waals surface area contributed by atoms with Crippen LogP contribution < -0.4 is 10.1 Å². The predicted octanol–water partition coefficient (Wildman–Crippen LogP) is 2.75. The lowest BCUT2D eigenvalue weighted by atomic mass is 9.87. The number of anilines is 1. The highest BCUT2D eigenvalue weighted by atomic mass is 19.4. The molecule has 0 aliphatic rings. The van der Waals surface area contributed by atoms with Gasteiger partial charge in [0.15, 0.2) is 11.6 Å². The molecule has 9 heteroatoms. The van der Waals surface area contributed by atoms with Gasteiger partial charge >= 0.3 is 6.18 Å². The van der Waals surface area contributed by atoms with Gasteiger partial charge in [-0.3, -0.25) is 14.9 Å². The van der Waals surface area contributed by atoms with Gasteiger partial charge in [0.05, 0.1) is 30.0 Å². The van der Waals surface area contributed by atoms with Gasteiger partial charge in [-0.05, 0) is 26.0 Å². The van der Waals surface area contributed by atoms with E-state index in [2.05, 4.69) is 20.5 Å². The number of nitrogens with one attached hydrogen (secondary N) is 2. The van der Waals surface area contributed by atoms with Gasteiger partial charge in [-0.25, -0.2) is 0 Å². The normalized spacial score (nSPS) is 12.1. The van der Waals surface area contributed by atoms with Crippen LogP contribution in [0.25, 0.3) is 0 Å². The van der Waals surface area contributed by atoms with Crippen LogP contribution in [-0.4, -0.2) is 28.2 Å². The first-order chi connectivity index (χ1) is 10.7. The van der Waals surface area contributed by atoms with Crippen LogP contribution in [0.15, 0.2) is 24.5 Å². The summed E-state index contributed by atoms with van der Waals surface area (Å²) in [5, 5.41) is 8.79. The van der Waals surface area contributed by atoms with Crippen molar-refractivity contribution < 1.29 is 22.7 Å². The number of alkyl halides is 3. The fourth-order valence-electron chi connectivity index (χ4n) is 1.85. The van der Waals surface area contributed by atoms with Gasteiger partial charge in [-0.2, -0.15) is 18.3 Å². The first-order valence-corrected chi connectivity index (χ1v) is 6.59. The van der Waals surface area contributed by atoms with Crippen LogP contribution in [0.2, 0.25) is 0 Å². The predicted molar refractivity (Wildman–Crippen MR) is 76.0 cm³/mol. The van der Waals surface area contributed by atoms with E-state index in [0.29, 0.717) is 5.75 Å². The molecule has 0 aliphatic carbocycles. The molecular formula is C14H15F3N4O2. The summed E-state index contributed by atoms with van der Waals surface area (Å²) < 4.78 is 43.4. The van der Waals surface area contributed by atoms with Crippen LogP contribution in [0.3, 0.4) is 0 Å². The van der Waals surface area contributed by atoms with Crippen molar-refractivity contribution in [3.8, 4) is 5.75 Å². The summed E-state index contributed by atoms with van der Waals surface area (Å²) in [5.74, 6) is -0.0180. The van der Waals surface area contributed by atoms with Gasteiger partial charge in [0.25, 0.3) is 0 Å². The zero-order chi connectivity index (χ0) is 17.3. The molecule has 2 heterocycles. The Kier molecular flexibility index (Phi) is 4.31. The summed E-state index contributed by atoms with van der Waals surface area (Å²) in [7, 11) is 1.40. The summed E-state index contributed by atoms with van der Waals surface area (Å²) in [6.07, 6.45) is -2.11. The van der Waals surface area contributed by atoms with Crippen LogP contribution >= 0.6 is 0 Å². The van der Waals surface area contributed by atoms with Gasteiger partial charge < -0.3 is 10.1 Å². The zero-order valence-corrected chi connectivity index (χ0v) is 12.7. The minimum Gasteiger partial charge on any atom is -0.491 e. The molecule has 2 N–H and O–H groups in total. The van der Waals surface area contributed by atoms with Crippen LogP contribution in [0.5, 0.6) is 5.75 Å². The highest BCUT2D eigenvalue weighted by molar-refractivity contribution is 5.98. The molecular weight excluding hydrogens is 313 g/mol. The fourth-order valence-corrected chi connectivity index (χ4v) is 1.85. The molecule has 0 spiro atoms. The summed E-state index contributed by atoms with van der Waals surface area (Å²) in [6, 6.07) is 1.72. The molecule has 1 amide bonds. The number of H-pyrrole nitrogens is 1. The second-order valence-electron chi connectivity index (χ2n) is 5.32. The summed E-state index contributed by atoms with van der Waals surface area (Å²) in [4.78, 5) is 16.3. The Balaban J connectivity index is 2.29. The summed E-state index contributed by atoms with van der Waals surface area (Å²) in [6.45, 7) is 2.96. The van der Waals surface area contributed by atoms with Crippen molar-refractivity contribution in [2.45, 2.75) is 25.4 Å². The van der Waals surface area contributed by atoms with Crippen molar-refractivity contribution >= 4 is 11.7 Å². The number of halogens is 3. The minimum atomic E-state index is -4.50. The third-order valence-electron chi connectivity index (χ3n) is 3.36. The Morgan fingerprint density at radius 3 is 2.65 bits per heavy atom. The molecule has 0 unspecified atom stereocenters. The molecule has 0 radical (unpaired) electrons. The maximum Gasteiger partial charge on any atom is 0.416 e. The number of hydrogen-bond donors (Lipinski definition) is 2. The lowest BCUT2D eigenvalue weighted by Gasteiger charge is -2.23. The number of nitrogens with zero attached hydrogens (tertiary/aromatic N) is 2. The van der Waals surface area contributed by atoms with Crippen molar-refractivity contribution in [2.75, 3.05) is 12.4 Å². The molecule has 2 rings (SSSR count). The molecule has 2 aromatic rings. The SMILES string of the molecule is COc1cn[nH]c1NC(=O)C(C)(C)c1cc(C(F)(F)F)ccn1. The number of pyridine rings is 1. The highest BCUT2D eigenvalue weighted by Crippen LogP contribution is 2.32. The number of aromatic nitrogens is 3. The Morgan fingerprint density at radius 1 is 1.35 bits per heavy atom. The van der Waals surface area contributed by atoms with Crippen molar-refractivity contribution in [2.24, 2.45) is 0 Å². The van der Waals surface area contributed by atoms with Gasteiger partial charge in [-0.1, -0.05) is 0 Å². The molecule has 0 aromatic carbocycles.